The minimum atomic E-state index is 0.401. The van der Waals surface area contributed by atoms with Crippen molar-refractivity contribution in [2.45, 2.75) is 6.54 Å². The SMILES string of the molecule is NCc1ccc(Oc2cccc(Cl)c2Cl)cc1Br. The molecule has 2 N–H and O–H groups in total. The van der Waals surface area contributed by atoms with Crippen molar-refractivity contribution < 1.29 is 4.74 Å². The van der Waals surface area contributed by atoms with Crippen LogP contribution in [0.2, 0.25) is 10.0 Å². The molecule has 0 fully saturated rings. The number of nitrogens with two attached hydrogens (primary N) is 1. The fraction of sp³-hybridized carbons (Fsp3) is 0.0769. The van der Waals surface area contributed by atoms with Crippen molar-refractivity contribution in [1.29, 1.82) is 0 Å². The molecule has 0 amide bonds. The van der Waals surface area contributed by atoms with E-state index >= 15 is 0 Å². The molecule has 0 unspecified atom stereocenters. The van der Waals surface area contributed by atoms with Gasteiger partial charge in [0.1, 0.15) is 16.5 Å². The molecule has 0 aliphatic heterocycles. The summed E-state index contributed by atoms with van der Waals surface area (Å²) in [5.74, 6) is 1.19. The minimum Gasteiger partial charge on any atom is -0.456 e. The Hall–Kier alpha value is -0.740. The van der Waals surface area contributed by atoms with Gasteiger partial charge in [0.15, 0.2) is 0 Å². The molecule has 0 aliphatic carbocycles. The van der Waals surface area contributed by atoms with Crippen LogP contribution in [0.25, 0.3) is 0 Å². The summed E-state index contributed by atoms with van der Waals surface area (Å²) in [4.78, 5) is 0. The highest BCUT2D eigenvalue weighted by Crippen LogP contribution is 2.35. The molecule has 0 radical (unpaired) electrons. The lowest BCUT2D eigenvalue weighted by atomic mass is 10.2. The summed E-state index contributed by atoms with van der Waals surface area (Å²) in [6, 6.07) is 10.8. The molecule has 0 aromatic heterocycles. The molecule has 0 aliphatic rings. The van der Waals surface area contributed by atoms with E-state index in [1.807, 2.05) is 18.2 Å². The first kappa shape index (κ1) is 13.7. The van der Waals surface area contributed by atoms with Gasteiger partial charge in [-0.1, -0.05) is 51.3 Å². The van der Waals surface area contributed by atoms with Gasteiger partial charge in [0.2, 0.25) is 0 Å². The number of benzene rings is 2. The molecule has 0 atom stereocenters. The molecule has 5 heteroatoms. The van der Waals surface area contributed by atoms with Crippen LogP contribution in [-0.4, -0.2) is 0 Å². The Morgan fingerprint density at radius 3 is 2.61 bits per heavy atom. The van der Waals surface area contributed by atoms with Crippen LogP contribution in [0.5, 0.6) is 11.5 Å². The third kappa shape index (κ3) is 2.98. The van der Waals surface area contributed by atoms with Crippen LogP contribution in [0.4, 0.5) is 0 Å². The van der Waals surface area contributed by atoms with E-state index in [-0.39, 0.29) is 0 Å². The Bertz CT molecular complexity index is 575. The third-order valence-corrected chi connectivity index (χ3v) is 3.93. The quantitative estimate of drug-likeness (QED) is 0.848. The summed E-state index contributed by atoms with van der Waals surface area (Å²) in [5, 5.41) is 0.866. The maximum atomic E-state index is 6.05. The lowest BCUT2D eigenvalue weighted by Crippen LogP contribution is -1.97. The van der Waals surface area contributed by atoms with Crippen molar-refractivity contribution in [3.63, 3.8) is 0 Å². The second-order valence-electron chi connectivity index (χ2n) is 3.61. The molecule has 0 saturated heterocycles. The smallest absolute Gasteiger partial charge is 0.147 e. The Labute approximate surface area is 124 Å². The zero-order chi connectivity index (χ0) is 13.1. The van der Waals surface area contributed by atoms with E-state index < -0.39 is 0 Å². The van der Waals surface area contributed by atoms with Crippen molar-refractivity contribution in [2.24, 2.45) is 5.73 Å². The van der Waals surface area contributed by atoms with Gasteiger partial charge in [-0.25, -0.2) is 0 Å². The first-order valence-corrected chi connectivity index (χ1v) is 6.77. The summed E-state index contributed by atoms with van der Waals surface area (Å²) in [7, 11) is 0. The number of hydrogen-bond acceptors (Lipinski definition) is 2. The predicted molar refractivity (Wildman–Crippen MR) is 78.6 cm³/mol. The normalized spacial score (nSPS) is 10.4. The van der Waals surface area contributed by atoms with Gasteiger partial charge in [0, 0.05) is 11.0 Å². The predicted octanol–water partition coefficient (Wildman–Crippen LogP) is 5.01. The van der Waals surface area contributed by atoms with Crippen LogP contribution >= 0.6 is 39.1 Å². The van der Waals surface area contributed by atoms with E-state index in [9.17, 15) is 0 Å². The molecule has 18 heavy (non-hydrogen) atoms. The molecule has 2 rings (SSSR count). The molecule has 0 spiro atoms. The van der Waals surface area contributed by atoms with E-state index in [0.717, 1.165) is 10.0 Å². The molecule has 2 nitrogen and oxygen atoms in total. The number of halogens is 3. The van der Waals surface area contributed by atoms with Crippen molar-refractivity contribution in [2.75, 3.05) is 0 Å². The first-order chi connectivity index (χ1) is 8.61. The maximum Gasteiger partial charge on any atom is 0.147 e. The average Bonchev–Trinajstić information content (AvgIpc) is 2.35. The van der Waals surface area contributed by atoms with E-state index in [1.165, 1.54) is 0 Å². The Kier molecular flexibility index (Phi) is 4.51. The van der Waals surface area contributed by atoms with Crippen molar-refractivity contribution in [3.8, 4) is 11.5 Å². The monoisotopic (exact) mass is 345 g/mol. The van der Waals surface area contributed by atoms with E-state index in [1.54, 1.807) is 18.2 Å². The molecular formula is C13H10BrCl2NO. The van der Waals surface area contributed by atoms with E-state index in [0.29, 0.717) is 28.1 Å². The van der Waals surface area contributed by atoms with Crippen molar-refractivity contribution in [1.82, 2.24) is 0 Å². The zero-order valence-corrected chi connectivity index (χ0v) is 12.4. The number of hydrogen-bond donors (Lipinski definition) is 1. The Balaban J connectivity index is 2.29. The molecule has 2 aromatic rings. The van der Waals surface area contributed by atoms with Gasteiger partial charge in [-0.15, -0.1) is 0 Å². The highest BCUT2D eigenvalue weighted by Gasteiger charge is 2.07. The molecule has 0 bridgehead atoms. The molecular weight excluding hydrogens is 337 g/mol. The summed E-state index contributed by atoms with van der Waals surface area (Å²) in [6.45, 7) is 0.471. The fourth-order valence-electron chi connectivity index (χ4n) is 1.45. The highest BCUT2D eigenvalue weighted by atomic mass is 79.9. The van der Waals surface area contributed by atoms with E-state index in [4.69, 9.17) is 33.7 Å². The first-order valence-electron chi connectivity index (χ1n) is 5.22. The average molecular weight is 347 g/mol. The van der Waals surface area contributed by atoms with Crippen LogP contribution in [0.15, 0.2) is 40.9 Å². The third-order valence-electron chi connectivity index (χ3n) is 2.39. The largest absolute Gasteiger partial charge is 0.456 e. The Morgan fingerprint density at radius 1 is 1.17 bits per heavy atom. The molecule has 0 saturated carbocycles. The van der Waals surface area contributed by atoms with Gasteiger partial charge in [0.25, 0.3) is 0 Å². The summed E-state index contributed by atoms with van der Waals surface area (Å²) >= 11 is 15.4. The van der Waals surface area contributed by atoms with Crippen LogP contribution in [0, 0.1) is 0 Å². The van der Waals surface area contributed by atoms with Crippen molar-refractivity contribution >= 4 is 39.1 Å². The van der Waals surface area contributed by atoms with Crippen LogP contribution in [-0.2, 0) is 6.54 Å². The Morgan fingerprint density at radius 2 is 1.94 bits per heavy atom. The van der Waals surface area contributed by atoms with Gasteiger partial charge in [-0.05, 0) is 29.8 Å². The topological polar surface area (TPSA) is 35.2 Å². The number of ether oxygens (including phenoxy) is 1. The van der Waals surface area contributed by atoms with E-state index in [2.05, 4.69) is 15.9 Å². The number of rotatable bonds is 3. The van der Waals surface area contributed by atoms with Crippen LogP contribution in [0.3, 0.4) is 0 Å². The molecule has 2 aromatic carbocycles. The minimum absolute atomic E-state index is 0.401. The lowest BCUT2D eigenvalue weighted by molar-refractivity contribution is 0.482. The lowest BCUT2D eigenvalue weighted by Gasteiger charge is -2.10. The maximum absolute atomic E-state index is 6.05. The fourth-order valence-corrected chi connectivity index (χ4v) is 2.30. The van der Waals surface area contributed by atoms with Gasteiger partial charge in [-0.2, -0.15) is 0 Å². The van der Waals surface area contributed by atoms with Gasteiger partial charge < -0.3 is 10.5 Å². The summed E-state index contributed by atoms with van der Waals surface area (Å²) in [6.07, 6.45) is 0. The van der Waals surface area contributed by atoms with Crippen molar-refractivity contribution in [3.05, 3.63) is 56.5 Å². The second-order valence-corrected chi connectivity index (χ2v) is 5.25. The standard InChI is InChI=1S/C13H10BrCl2NO/c14-10-6-9(5-4-8(10)7-17)18-12-3-1-2-11(15)13(12)16/h1-6H,7,17H2. The van der Waals surface area contributed by atoms with Gasteiger partial charge in [-0.3, -0.25) is 0 Å². The van der Waals surface area contributed by atoms with Gasteiger partial charge >= 0.3 is 0 Å². The summed E-state index contributed by atoms with van der Waals surface area (Å²) in [5.41, 5.74) is 6.60. The highest BCUT2D eigenvalue weighted by molar-refractivity contribution is 9.10. The zero-order valence-electron chi connectivity index (χ0n) is 9.29. The van der Waals surface area contributed by atoms with Crippen LogP contribution < -0.4 is 10.5 Å². The second kappa shape index (κ2) is 5.93. The molecule has 94 valence electrons. The van der Waals surface area contributed by atoms with Gasteiger partial charge in [0.05, 0.1) is 5.02 Å². The summed E-state index contributed by atoms with van der Waals surface area (Å²) < 4.78 is 6.59. The molecule has 0 heterocycles. The van der Waals surface area contributed by atoms with Crippen LogP contribution in [0.1, 0.15) is 5.56 Å².